The fourth-order valence-electron chi connectivity index (χ4n) is 3.28. The molecule has 3 aromatic rings. The molecule has 0 amide bonds. The molecule has 1 N–H and O–H groups in total. The van der Waals surface area contributed by atoms with E-state index < -0.39 is 18.3 Å². The minimum absolute atomic E-state index is 0.160. The zero-order valence-electron chi connectivity index (χ0n) is 18.2. The molecule has 4 rings (SSSR count). The van der Waals surface area contributed by atoms with Gasteiger partial charge in [-0.25, -0.2) is 0 Å². The summed E-state index contributed by atoms with van der Waals surface area (Å²) in [6, 6.07) is 6.53. The highest BCUT2D eigenvalue weighted by atomic mass is 127. The summed E-state index contributed by atoms with van der Waals surface area (Å²) in [6.45, 7) is 14.4. The van der Waals surface area contributed by atoms with Crippen molar-refractivity contribution in [3.05, 3.63) is 24.4 Å². The lowest BCUT2D eigenvalue weighted by Crippen LogP contribution is -2.41. The molecule has 0 spiro atoms. The molecule has 3 heterocycles. The number of nitrogens with one attached hydrogen (secondary N) is 1. The number of hydrogen-bond acceptors (Lipinski definition) is 7. The monoisotopic (exact) mass is 540 g/mol. The van der Waals surface area contributed by atoms with Crippen LogP contribution in [0.4, 0.5) is 6.01 Å². The van der Waals surface area contributed by atoms with Crippen molar-refractivity contribution in [2.75, 3.05) is 5.32 Å². The van der Waals surface area contributed by atoms with Gasteiger partial charge in [-0.3, -0.25) is 3.97 Å². The van der Waals surface area contributed by atoms with Crippen LogP contribution in [0.1, 0.15) is 48.5 Å². The summed E-state index contributed by atoms with van der Waals surface area (Å²) in [5, 5.41) is 12.6. The van der Waals surface area contributed by atoms with Gasteiger partial charge in [0.15, 0.2) is 0 Å². The van der Waals surface area contributed by atoms with E-state index in [1.807, 2.05) is 26.8 Å². The molecule has 7 nitrogen and oxygen atoms in total. The van der Waals surface area contributed by atoms with E-state index in [0.717, 1.165) is 21.9 Å². The highest BCUT2D eigenvalue weighted by molar-refractivity contribution is 14.2. The topological polar surface area (TPSA) is 74.3 Å². The molecule has 160 valence electrons. The fourth-order valence-corrected chi connectivity index (χ4v) is 4.65. The zero-order chi connectivity index (χ0) is 21.9. The van der Waals surface area contributed by atoms with E-state index >= 15 is 0 Å². The number of nitrogens with zero attached hydrogens (tertiary/aromatic N) is 3. The third-order valence-electron chi connectivity index (χ3n) is 5.54. The molecule has 1 aliphatic rings. The molecule has 10 heteroatoms. The molecule has 30 heavy (non-hydrogen) atoms. The van der Waals surface area contributed by atoms with Crippen molar-refractivity contribution in [2.45, 2.75) is 65.2 Å². The van der Waals surface area contributed by atoms with Crippen LogP contribution in [0.2, 0.25) is 0 Å². The lowest BCUT2D eigenvalue weighted by molar-refractivity contribution is 0.00578. The molecular weight excluding hydrogens is 514 g/mol. The lowest BCUT2D eigenvalue weighted by atomic mass is 9.79. The van der Waals surface area contributed by atoms with Gasteiger partial charge >= 0.3 is 13.1 Å². The largest absolute Gasteiger partial charge is 0.497 e. The Morgan fingerprint density at radius 1 is 1.10 bits per heavy atom. The molecule has 0 atom stereocenters. The van der Waals surface area contributed by atoms with Gasteiger partial charge in [-0.2, -0.15) is 0 Å². The summed E-state index contributed by atoms with van der Waals surface area (Å²) in [7, 11) is 1.16. The third-order valence-corrected chi connectivity index (χ3v) is 7.26. The van der Waals surface area contributed by atoms with E-state index in [1.54, 1.807) is 9.12 Å². The molecule has 1 fully saturated rings. The summed E-state index contributed by atoms with van der Waals surface area (Å²) >= 11 is 2.28. The standard InChI is InChI=1S/C20H26BIN4O3S/c1-18(2,3)23-17-25-24-16(27-17)12-8-9-15-13(10-12)14(11-26(15)30-22)21-28-19(4,5)20(6,7)29-21/h8-11H,1-7H3,(H,23,25). The predicted molar refractivity (Wildman–Crippen MR) is 131 cm³/mol. The van der Waals surface area contributed by atoms with E-state index in [2.05, 4.69) is 86.7 Å². The first-order valence-corrected chi connectivity index (χ1v) is 13.1. The van der Waals surface area contributed by atoms with Crippen LogP contribution in [0.5, 0.6) is 0 Å². The number of anilines is 1. The predicted octanol–water partition coefficient (Wildman–Crippen LogP) is 5.05. The maximum absolute atomic E-state index is 6.31. The van der Waals surface area contributed by atoms with Crippen molar-refractivity contribution >= 4 is 59.8 Å². The van der Waals surface area contributed by atoms with Crippen LogP contribution in [0, 0.1) is 0 Å². The molecule has 1 aliphatic heterocycles. The van der Waals surface area contributed by atoms with Gasteiger partial charge in [0.05, 0.1) is 16.7 Å². The Balaban J connectivity index is 1.75. The van der Waals surface area contributed by atoms with Crippen LogP contribution in [-0.4, -0.2) is 38.0 Å². The molecule has 1 aromatic carbocycles. The van der Waals surface area contributed by atoms with E-state index in [-0.39, 0.29) is 5.54 Å². The number of halogens is 1. The van der Waals surface area contributed by atoms with Crippen molar-refractivity contribution in [3.63, 3.8) is 0 Å². The number of hydrogen-bond donors (Lipinski definition) is 1. The average Bonchev–Trinajstić information content (AvgIpc) is 3.27. The third kappa shape index (κ3) is 3.99. The summed E-state index contributed by atoms with van der Waals surface area (Å²) in [4.78, 5) is 0. The molecule has 0 unspecified atom stereocenters. The quantitative estimate of drug-likeness (QED) is 0.367. The number of aromatic nitrogens is 3. The number of fused-ring (bicyclic) bond motifs is 1. The van der Waals surface area contributed by atoms with Gasteiger partial charge in [-0.05, 0) is 66.7 Å². The Morgan fingerprint density at radius 2 is 1.77 bits per heavy atom. The van der Waals surface area contributed by atoms with Gasteiger partial charge in [0.2, 0.25) is 5.89 Å². The molecule has 1 saturated heterocycles. The number of benzene rings is 1. The molecule has 2 aromatic heterocycles. The van der Waals surface area contributed by atoms with Crippen molar-refractivity contribution in [2.24, 2.45) is 0 Å². The Labute approximate surface area is 193 Å². The maximum atomic E-state index is 6.31. The summed E-state index contributed by atoms with van der Waals surface area (Å²) in [5.41, 5.74) is 1.96. The van der Waals surface area contributed by atoms with Crippen molar-refractivity contribution in [1.29, 1.82) is 0 Å². The minimum atomic E-state index is -0.446. The van der Waals surface area contributed by atoms with Crippen LogP contribution in [0.3, 0.4) is 0 Å². The average molecular weight is 540 g/mol. The van der Waals surface area contributed by atoms with E-state index in [1.165, 1.54) is 0 Å². The normalized spacial score (nSPS) is 18.3. The van der Waals surface area contributed by atoms with Crippen molar-refractivity contribution in [1.82, 2.24) is 14.2 Å². The molecule has 0 aliphatic carbocycles. The zero-order valence-corrected chi connectivity index (χ0v) is 21.2. The Hall–Kier alpha value is -1.24. The van der Waals surface area contributed by atoms with Crippen LogP contribution < -0.4 is 10.8 Å². The first-order chi connectivity index (χ1) is 13.9. The smallest absolute Gasteiger partial charge is 0.403 e. The molecule has 0 saturated carbocycles. The number of rotatable bonds is 4. The summed E-state index contributed by atoms with van der Waals surface area (Å²) in [5.74, 6) is 0.471. The van der Waals surface area contributed by atoms with Crippen molar-refractivity contribution in [3.8, 4) is 11.5 Å². The highest BCUT2D eigenvalue weighted by Gasteiger charge is 2.52. The van der Waals surface area contributed by atoms with E-state index in [4.69, 9.17) is 13.7 Å². The first-order valence-electron chi connectivity index (χ1n) is 9.82. The van der Waals surface area contributed by atoms with Crippen molar-refractivity contribution < 1.29 is 13.7 Å². The van der Waals surface area contributed by atoms with Crippen LogP contribution in [-0.2, 0) is 9.31 Å². The van der Waals surface area contributed by atoms with Crippen LogP contribution in [0.15, 0.2) is 28.8 Å². The van der Waals surface area contributed by atoms with Gasteiger partial charge in [0, 0.05) is 58.5 Å². The molecular formula is C20H26BIN4O3S. The minimum Gasteiger partial charge on any atom is -0.403 e. The lowest BCUT2D eigenvalue weighted by Gasteiger charge is -2.32. The fraction of sp³-hybridized carbons (Fsp3) is 0.500. The van der Waals surface area contributed by atoms with Gasteiger partial charge in [-0.15, -0.1) is 5.10 Å². The van der Waals surface area contributed by atoms with Gasteiger partial charge in [0.1, 0.15) is 0 Å². The van der Waals surface area contributed by atoms with Crippen LogP contribution >= 0.6 is 30.3 Å². The summed E-state index contributed by atoms with van der Waals surface area (Å²) < 4.78 is 20.6. The second kappa shape index (κ2) is 7.42. The SMILES string of the molecule is CC(C)(C)Nc1nnc(-c2ccc3c(c2)c(B2OC(C)(C)C(C)(C)O2)cn3SI)o1. The maximum Gasteiger partial charge on any atom is 0.497 e. The van der Waals surface area contributed by atoms with E-state index in [0.29, 0.717) is 11.9 Å². The van der Waals surface area contributed by atoms with Gasteiger partial charge < -0.3 is 19.0 Å². The first kappa shape index (κ1) is 22.0. The Kier molecular flexibility index (Phi) is 5.44. The second-order valence-electron chi connectivity index (χ2n) is 9.59. The Morgan fingerprint density at radius 3 is 2.37 bits per heavy atom. The second-order valence-corrected chi connectivity index (χ2v) is 11.3. The summed E-state index contributed by atoms with van der Waals surface area (Å²) in [6.07, 6.45) is 2.08. The molecule has 0 radical (unpaired) electrons. The highest BCUT2D eigenvalue weighted by Crippen LogP contribution is 2.38. The molecule has 0 bridgehead atoms. The van der Waals surface area contributed by atoms with Crippen LogP contribution in [0.25, 0.3) is 22.4 Å². The van der Waals surface area contributed by atoms with Gasteiger partial charge in [-0.1, -0.05) is 5.10 Å². The Bertz CT molecular complexity index is 1070. The van der Waals surface area contributed by atoms with Gasteiger partial charge in [0.25, 0.3) is 0 Å². The van der Waals surface area contributed by atoms with E-state index in [9.17, 15) is 0 Å².